The van der Waals surface area contributed by atoms with E-state index in [0.29, 0.717) is 12.1 Å². The summed E-state index contributed by atoms with van der Waals surface area (Å²) in [5.41, 5.74) is 0.0515. The van der Waals surface area contributed by atoms with Crippen molar-refractivity contribution >= 4 is 5.78 Å². The Morgan fingerprint density at radius 3 is 2.50 bits per heavy atom. The Kier molecular flexibility index (Phi) is 4.12. The highest BCUT2D eigenvalue weighted by atomic mass is 19.3. The lowest BCUT2D eigenvalue weighted by atomic mass is 9.85. The van der Waals surface area contributed by atoms with Gasteiger partial charge in [-0.2, -0.15) is 8.78 Å². The molecule has 2 aliphatic rings. The first kappa shape index (κ1) is 15.3. The number of rotatable bonds is 4. The van der Waals surface area contributed by atoms with Crippen LogP contribution in [0.15, 0.2) is 18.2 Å². The van der Waals surface area contributed by atoms with Crippen LogP contribution in [0.2, 0.25) is 0 Å². The zero-order valence-corrected chi connectivity index (χ0v) is 12.3. The van der Waals surface area contributed by atoms with Crippen LogP contribution in [-0.2, 0) is 0 Å². The van der Waals surface area contributed by atoms with Crippen LogP contribution < -0.4 is 4.74 Å². The summed E-state index contributed by atoms with van der Waals surface area (Å²) >= 11 is 0. The standard InChI is InChI=1S/C16H18F3NO2/c1-20-11-3-4-12(20)7-9(6-11)15(21)13-5-2-10(17)8-14(13)22-16(18)19/h2,5,8-9,11-12,16H,3-4,6-7H2,1H3. The van der Waals surface area contributed by atoms with Gasteiger partial charge in [-0.05, 0) is 44.9 Å². The zero-order chi connectivity index (χ0) is 15.9. The fraction of sp³-hybridized carbons (Fsp3) is 0.562. The zero-order valence-electron chi connectivity index (χ0n) is 12.3. The van der Waals surface area contributed by atoms with Crippen LogP contribution in [-0.4, -0.2) is 36.4 Å². The summed E-state index contributed by atoms with van der Waals surface area (Å²) in [6.07, 6.45) is 3.57. The van der Waals surface area contributed by atoms with Crippen LogP contribution in [0.3, 0.4) is 0 Å². The molecule has 3 rings (SSSR count). The molecule has 22 heavy (non-hydrogen) atoms. The third-order valence-corrected chi connectivity index (χ3v) is 4.89. The average Bonchev–Trinajstić information content (AvgIpc) is 2.68. The van der Waals surface area contributed by atoms with E-state index in [-0.39, 0.29) is 23.0 Å². The maximum atomic E-state index is 13.2. The minimum absolute atomic E-state index is 0.0515. The number of hydrogen-bond donors (Lipinski definition) is 0. The smallest absolute Gasteiger partial charge is 0.387 e. The Bertz CT molecular complexity index is 565. The lowest BCUT2D eigenvalue weighted by molar-refractivity contribution is -0.0503. The quantitative estimate of drug-likeness (QED) is 0.797. The van der Waals surface area contributed by atoms with Crippen molar-refractivity contribution in [2.45, 2.75) is 44.4 Å². The average molecular weight is 313 g/mol. The van der Waals surface area contributed by atoms with Gasteiger partial charge in [-0.1, -0.05) is 0 Å². The van der Waals surface area contributed by atoms with Crippen molar-refractivity contribution in [1.29, 1.82) is 0 Å². The van der Waals surface area contributed by atoms with E-state index < -0.39 is 12.4 Å². The largest absolute Gasteiger partial charge is 0.434 e. The van der Waals surface area contributed by atoms with E-state index in [4.69, 9.17) is 0 Å². The van der Waals surface area contributed by atoms with Crippen molar-refractivity contribution in [3.05, 3.63) is 29.6 Å². The predicted octanol–water partition coefficient (Wildman–Crippen LogP) is 3.48. The number of piperidine rings is 1. The first-order valence-electron chi connectivity index (χ1n) is 7.46. The van der Waals surface area contributed by atoms with Gasteiger partial charge in [0.15, 0.2) is 5.78 Å². The molecule has 0 spiro atoms. The maximum absolute atomic E-state index is 13.2. The van der Waals surface area contributed by atoms with Gasteiger partial charge in [-0.3, -0.25) is 4.79 Å². The number of fused-ring (bicyclic) bond motifs is 2. The molecular weight excluding hydrogens is 295 g/mol. The van der Waals surface area contributed by atoms with Gasteiger partial charge in [0.05, 0.1) is 5.56 Å². The Balaban J connectivity index is 1.83. The minimum Gasteiger partial charge on any atom is -0.434 e. The number of carbonyl (C=O) groups is 1. The lowest BCUT2D eigenvalue weighted by Crippen LogP contribution is -2.42. The third-order valence-electron chi connectivity index (χ3n) is 4.89. The van der Waals surface area contributed by atoms with Gasteiger partial charge in [0.1, 0.15) is 11.6 Å². The fourth-order valence-electron chi connectivity index (χ4n) is 3.74. The molecule has 2 saturated heterocycles. The molecule has 6 heteroatoms. The summed E-state index contributed by atoms with van der Waals surface area (Å²) in [7, 11) is 2.06. The van der Waals surface area contributed by atoms with Crippen molar-refractivity contribution in [1.82, 2.24) is 4.90 Å². The van der Waals surface area contributed by atoms with Gasteiger partial charge < -0.3 is 9.64 Å². The number of hydrogen-bond acceptors (Lipinski definition) is 3. The highest BCUT2D eigenvalue weighted by molar-refractivity contribution is 6.00. The second-order valence-corrected chi connectivity index (χ2v) is 6.10. The first-order chi connectivity index (χ1) is 10.5. The van der Waals surface area contributed by atoms with E-state index in [2.05, 4.69) is 16.7 Å². The van der Waals surface area contributed by atoms with Crippen molar-refractivity contribution in [2.75, 3.05) is 7.05 Å². The molecular formula is C16H18F3NO2. The summed E-state index contributed by atoms with van der Waals surface area (Å²) in [6.45, 7) is -3.08. The van der Waals surface area contributed by atoms with E-state index in [0.717, 1.165) is 37.8 Å². The van der Waals surface area contributed by atoms with E-state index >= 15 is 0 Å². The topological polar surface area (TPSA) is 29.5 Å². The van der Waals surface area contributed by atoms with E-state index in [1.54, 1.807) is 0 Å². The molecule has 0 saturated carbocycles. The van der Waals surface area contributed by atoms with Crippen molar-refractivity contribution in [3.63, 3.8) is 0 Å². The molecule has 1 aromatic rings. The molecule has 0 aromatic heterocycles. The molecule has 3 nitrogen and oxygen atoms in total. The van der Waals surface area contributed by atoms with Crippen molar-refractivity contribution in [2.24, 2.45) is 5.92 Å². The minimum atomic E-state index is -3.08. The number of halogens is 3. The van der Waals surface area contributed by atoms with Gasteiger partial charge in [-0.15, -0.1) is 0 Å². The van der Waals surface area contributed by atoms with Crippen LogP contribution in [0.5, 0.6) is 5.75 Å². The number of benzene rings is 1. The SMILES string of the molecule is CN1C2CCC1CC(C(=O)c1ccc(F)cc1OC(F)F)C2. The third kappa shape index (κ3) is 2.84. The number of ketones is 1. The second-order valence-electron chi connectivity index (χ2n) is 6.10. The highest BCUT2D eigenvalue weighted by Crippen LogP contribution is 2.39. The van der Waals surface area contributed by atoms with Gasteiger partial charge >= 0.3 is 6.61 Å². The van der Waals surface area contributed by atoms with Gasteiger partial charge in [0.25, 0.3) is 0 Å². The van der Waals surface area contributed by atoms with Crippen LogP contribution in [0.25, 0.3) is 0 Å². The van der Waals surface area contributed by atoms with E-state index in [9.17, 15) is 18.0 Å². The number of alkyl halides is 2. The lowest BCUT2D eigenvalue weighted by Gasteiger charge is -2.35. The van der Waals surface area contributed by atoms with Crippen LogP contribution in [0.1, 0.15) is 36.0 Å². The Hall–Kier alpha value is -1.56. The number of ether oxygens (including phenoxy) is 1. The monoisotopic (exact) mass is 313 g/mol. The second kappa shape index (κ2) is 5.91. The molecule has 0 aliphatic carbocycles. The number of nitrogens with zero attached hydrogens (tertiary/aromatic N) is 1. The molecule has 1 aromatic carbocycles. The molecule has 0 N–H and O–H groups in total. The molecule has 0 radical (unpaired) electrons. The van der Waals surface area contributed by atoms with E-state index in [1.807, 2.05) is 0 Å². The summed E-state index contributed by atoms with van der Waals surface area (Å²) < 4.78 is 42.5. The van der Waals surface area contributed by atoms with Crippen LogP contribution in [0, 0.1) is 11.7 Å². The van der Waals surface area contributed by atoms with Crippen molar-refractivity contribution < 1.29 is 22.7 Å². The summed E-state index contributed by atoms with van der Waals surface area (Å²) in [5, 5.41) is 0. The molecule has 2 fully saturated rings. The Morgan fingerprint density at radius 1 is 1.27 bits per heavy atom. The summed E-state index contributed by atoms with van der Waals surface area (Å²) in [6, 6.07) is 3.94. The molecule has 2 aliphatic heterocycles. The van der Waals surface area contributed by atoms with Crippen LogP contribution >= 0.6 is 0 Å². The normalized spacial score (nSPS) is 28.1. The van der Waals surface area contributed by atoms with Crippen molar-refractivity contribution in [3.8, 4) is 5.75 Å². The fourth-order valence-corrected chi connectivity index (χ4v) is 3.74. The molecule has 2 unspecified atom stereocenters. The first-order valence-corrected chi connectivity index (χ1v) is 7.46. The van der Waals surface area contributed by atoms with Gasteiger partial charge in [0.2, 0.25) is 0 Å². The summed E-state index contributed by atoms with van der Waals surface area (Å²) in [4.78, 5) is 15.0. The Morgan fingerprint density at radius 2 is 1.91 bits per heavy atom. The van der Waals surface area contributed by atoms with Gasteiger partial charge in [-0.25, -0.2) is 4.39 Å². The Labute approximate surface area is 127 Å². The number of carbonyl (C=O) groups excluding carboxylic acids is 1. The maximum Gasteiger partial charge on any atom is 0.387 e. The van der Waals surface area contributed by atoms with Crippen LogP contribution in [0.4, 0.5) is 13.2 Å². The number of Topliss-reactive ketones (excluding diaryl/α,β-unsaturated/α-hetero) is 1. The summed E-state index contributed by atoms with van der Waals surface area (Å²) in [5.74, 6) is -1.50. The van der Waals surface area contributed by atoms with Gasteiger partial charge in [0, 0.05) is 24.1 Å². The van der Waals surface area contributed by atoms with E-state index in [1.165, 1.54) is 6.07 Å². The predicted molar refractivity (Wildman–Crippen MR) is 74.7 cm³/mol. The molecule has 0 amide bonds. The molecule has 120 valence electrons. The molecule has 2 atom stereocenters. The highest BCUT2D eigenvalue weighted by Gasteiger charge is 2.41. The molecule has 2 heterocycles. The molecule has 2 bridgehead atoms.